The molecule has 0 aliphatic carbocycles. The minimum absolute atomic E-state index is 0.0191. The molecule has 0 amide bonds. The Balaban J connectivity index is 2.39. The number of ether oxygens (including phenoxy) is 1. The maximum Gasteiger partial charge on any atom is 0.322 e. The van der Waals surface area contributed by atoms with Crippen molar-refractivity contribution in [1.82, 2.24) is 9.97 Å². The lowest BCUT2D eigenvalue weighted by Gasteiger charge is -2.05. The van der Waals surface area contributed by atoms with Gasteiger partial charge < -0.3 is 4.74 Å². The molecule has 0 spiro atoms. The molecule has 0 saturated carbocycles. The Morgan fingerprint density at radius 3 is 2.61 bits per heavy atom. The molecule has 2 rings (SSSR count). The van der Waals surface area contributed by atoms with Crippen LogP contribution in [-0.2, 0) is 0 Å². The molecule has 0 unspecified atom stereocenters. The fourth-order valence-corrected chi connectivity index (χ4v) is 1.60. The average molecular weight is 331 g/mol. The van der Waals surface area contributed by atoms with E-state index >= 15 is 0 Å². The van der Waals surface area contributed by atoms with Gasteiger partial charge in [0.2, 0.25) is 5.75 Å². The van der Waals surface area contributed by atoms with Crippen LogP contribution in [0.25, 0.3) is 0 Å². The molecule has 8 heteroatoms. The molecule has 0 saturated heterocycles. The van der Waals surface area contributed by atoms with Crippen molar-refractivity contribution in [3.8, 4) is 11.8 Å². The van der Waals surface area contributed by atoms with E-state index in [0.717, 1.165) is 0 Å². The first-order chi connectivity index (χ1) is 8.58. The fourth-order valence-electron chi connectivity index (χ4n) is 1.19. The Hall–Kier alpha value is -1.73. The molecular formula is C10H5BrClN3O3. The van der Waals surface area contributed by atoms with E-state index < -0.39 is 4.92 Å². The minimum atomic E-state index is -0.583. The molecule has 18 heavy (non-hydrogen) atoms. The number of aromatic nitrogens is 2. The number of hydrogen-bond acceptors (Lipinski definition) is 5. The zero-order valence-corrected chi connectivity index (χ0v) is 11.1. The number of nitro groups is 1. The summed E-state index contributed by atoms with van der Waals surface area (Å²) in [5.41, 5.74) is -0.242. The first kappa shape index (κ1) is 12.7. The molecule has 0 bridgehead atoms. The molecule has 92 valence electrons. The molecule has 1 aromatic heterocycles. The van der Waals surface area contributed by atoms with E-state index in [2.05, 4.69) is 25.9 Å². The molecule has 0 fully saturated rings. The second-order valence-electron chi connectivity index (χ2n) is 3.13. The average Bonchev–Trinajstić information content (AvgIpc) is 2.34. The highest BCUT2D eigenvalue weighted by molar-refractivity contribution is 9.10. The van der Waals surface area contributed by atoms with Crippen molar-refractivity contribution in [2.24, 2.45) is 0 Å². The van der Waals surface area contributed by atoms with Crippen molar-refractivity contribution in [1.29, 1.82) is 0 Å². The lowest BCUT2D eigenvalue weighted by Crippen LogP contribution is -1.96. The third-order valence-electron chi connectivity index (χ3n) is 1.93. The van der Waals surface area contributed by atoms with E-state index in [0.29, 0.717) is 4.47 Å². The van der Waals surface area contributed by atoms with E-state index in [1.165, 1.54) is 30.6 Å². The van der Waals surface area contributed by atoms with Crippen molar-refractivity contribution in [3.63, 3.8) is 0 Å². The first-order valence-electron chi connectivity index (χ1n) is 4.66. The highest BCUT2D eigenvalue weighted by atomic mass is 79.9. The molecule has 0 N–H and O–H groups in total. The van der Waals surface area contributed by atoms with Crippen molar-refractivity contribution in [2.75, 3.05) is 0 Å². The quantitative estimate of drug-likeness (QED) is 0.635. The Labute approximate surface area is 115 Å². The van der Waals surface area contributed by atoms with Crippen molar-refractivity contribution >= 4 is 33.2 Å². The van der Waals surface area contributed by atoms with Crippen LogP contribution < -0.4 is 4.74 Å². The number of nitro benzene ring substituents is 1. The van der Waals surface area contributed by atoms with Gasteiger partial charge in [-0.3, -0.25) is 10.1 Å². The fraction of sp³-hybridized carbons (Fsp3) is 0. The molecule has 0 aliphatic rings. The molecule has 6 nitrogen and oxygen atoms in total. The van der Waals surface area contributed by atoms with Gasteiger partial charge in [0.25, 0.3) is 0 Å². The van der Waals surface area contributed by atoms with Gasteiger partial charge >= 0.3 is 11.7 Å². The summed E-state index contributed by atoms with van der Waals surface area (Å²) >= 11 is 9.03. The van der Waals surface area contributed by atoms with Gasteiger partial charge in [-0.1, -0.05) is 17.7 Å². The lowest BCUT2D eigenvalue weighted by atomic mass is 10.3. The Kier molecular flexibility index (Phi) is 3.73. The molecule has 0 atom stereocenters. The third kappa shape index (κ3) is 2.74. The van der Waals surface area contributed by atoms with Crippen LogP contribution in [-0.4, -0.2) is 14.9 Å². The smallest absolute Gasteiger partial charge is 0.322 e. The van der Waals surface area contributed by atoms with E-state index in [-0.39, 0.29) is 22.5 Å². The van der Waals surface area contributed by atoms with Crippen molar-refractivity contribution in [3.05, 3.63) is 50.2 Å². The summed E-state index contributed by atoms with van der Waals surface area (Å²) in [6.07, 6.45) is 2.93. The number of rotatable bonds is 3. The van der Waals surface area contributed by atoms with Crippen LogP contribution in [0.5, 0.6) is 11.8 Å². The maximum atomic E-state index is 10.8. The van der Waals surface area contributed by atoms with Gasteiger partial charge in [0.1, 0.15) is 0 Å². The summed E-state index contributed by atoms with van der Waals surface area (Å²) in [4.78, 5) is 18.0. The van der Waals surface area contributed by atoms with E-state index in [1.54, 1.807) is 0 Å². The van der Waals surface area contributed by atoms with Crippen molar-refractivity contribution < 1.29 is 9.66 Å². The zero-order valence-electron chi connectivity index (χ0n) is 8.71. The summed E-state index contributed by atoms with van der Waals surface area (Å²) in [5.74, 6) is -0.0773. The van der Waals surface area contributed by atoms with E-state index in [9.17, 15) is 10.1 Å². The lowest BCUT2D eigenvalue weighted by molar-refractivity contribution is -0.385. The van der Waals surface area contributed by atoms with Crippen LogP contribution in [0, 0.1) is 10.1 Å². The van der Waals surface area contributed by atoms with Crippen LogP contribution in [0.1, 0.15) is 0 Å². The predicted molar refractivity (Wildman–Crippen MR) is 67.9 cm³/mol. The topological polar surface area (TPSA) is 78.2 Å². The third-order valence-corrected chi connectivity index (χ3v) is 2.64. The molecule has 0 radical (unpaired) electrons. The summed E-state index contributed by atoms with van der Waals surface area (Å²) in [6.45, 7) is 0. The Morgan fingerprint density at radius 2 is 2.00 bits per heavy atom. The second kappa shape index (κ2) is 5.28. The van der Waals surface area contributed by atoms with Crippen LogP contribution in [0.2, 0.25) is 5.02 Å². The van der Waals surface area contributed by atoms with Gasteiger partial charge in [-0.05, 0) is 22.0 Å². The SMILES string of the molecule is O=[N+]([O-])c1cccc(Cl)c1Oc1ncc(Br)cn1. The van der Waals surface area contributed by atoms with Gasteiger partial charge in [-0.25, -0.2) is 9.97 Å². The normalized spacial score (nSPS) is 10.1. The van der Waals surface area contributed by atoms with Crippen LogP contribution in [0.15, 0.2) is 35.1 Å². The number of nitrogens with zero attached hydrogens (tertiary/aromatic N) is 3. The molecular weight excluding hydrogens is 325 g/mol. The minimum Gasteiger partial charge on any atom is -0.415 e. The standard InChI is InChI=1S/C10H5BrClN3O3/c11-6-4-13-10(14-5-6)18-9-7(12)2-1-3-8(9)15(16)17/h1-5H. The second-order valence-corrected chi connectivity index (χ2v) is 4.45. The molecule has 0 aliphatic heterocycles. The van der Waals surface area contributed by atoms with Crippen LogP contribution in [0.3, 0.4) is 0 Å². The van der Waals surface area contributed by atoms with Gasteiger partial charge in [0.05, 0.1) is 14.4 Å². The highest BCUT2D eigenvalue weighted by Crippen LogP contribution is 2.36. The monoisotopic (exact) mass is 329 g/mol. The molecule has 2 aromatic rings. The van der Waals surface area contributed by atoms with Gasteiger partial charge in [-0.15, -0.1) is 0 Å². The number of hydrogen-bond donors (Lipinski definition) is 0. The number of benzene rings is 1. The van der Waals surface area contributed by atoms with Gasteiger partial charge in [-0.2, -0.15) is 0 Å². The number of halogens is 2. The predicted octanol–water partition coefficient (Wildman–Crippen LogP) is 3.59. The molecule has 1 aromatic carbocycles. The summed E-state index contributed by atoms with van der Waals surface area (Å²) in [5, 5.41) is 11.0. The van der Waals surface area contributed by atoms with Gasteiger partial charge in [0, 0.05) is 18.5 Å². The Morgan fingerprint density at radius 1 is 1.33 bits per heavy atom. The van der Waals surface area contributed by atoms with E-state index in [4.69, 9.17) is 16.3 Å². The van der Waals surface area contributed by atoms with E-state index in [1.807, 2.05) is 0 Å². The largest absolute Gasteiger partial charge is 0.415 e. The molecule has 1 heterocycles. The Bertz CT molecular complexity index is 591. The zero-order chi connectivity index (χ0) is 13.1. The van der Waals surface area contributed by atoms with Crippen LogP contribution >= 0.6 is 27.5 Å². The maximum absolute atomic E-state index is 10.8. The highest BCUT2D eigenvalue weighted by Gasteiger charge is 2.19. The summed E-state index contributed by atoms with van der Waals surface area (Å²) in [7, 11) is 0. The number of para-hydroxylation sites is 1. The first-order valence-corrected chi connectivity index (χ1v) is 5.83. The van der Waals surface area contributed by atoms with Gasteiger partial charge in [0.15, 0.2) is 0 Å². The summed E-state index contributed by atoms with van der Waals surface area (Å²) < 4.78 is 5.91. The van der Waals surface area contributed by atoms with Crippen LogP contribution in [0.4, 0.5) is 5.69 Å². The summed E-state index contributed by atoms with van der Waals surface area (Å²) in [6, 6.07) is 4.23. The van der Waals surface area contributed by atoms with Crippen molar-refractivity contribution in [2.45, 2.75) is 0 Å².